The summed E-state index contributed by atoms with van der Waals surface area (Å²) in [5, 5.41) is 9.43. The van der Waals surface area contributed by atoms with Gasteiger partial charge in [0.15, 0.2) is 5.88 Å². The lowest BCUT2D eigenvalue weighted by Gasteiger charge is -2.18. The van der Waals surface area contributed by atoms with Crippen molar-refractivity contribution in [2.45, 2.75) is 19.6 Å². The minimum absolute atomic E-state index is 0.364. The van der Waals surface area contributed by atoms with Crippen LogP contribution in [0.2, 0.25) is 24.7 Å². The Morgan fingerprint density at radius 1 is 1.20 bits per heavy atom. The standard InChI is InChI=1S/C19H19ClN2O2Si/c1-14(24-25(2,3)4)22-13-16-11-17(20)7-10-19(16)23-18-8-5-15(12-21)6-9-18/h5-11,13H,1H2,2-4H3/b22-13+. The molecule has 0 aliphatic carbocycles. The molecule has 0 atom stereocenters. The first-order valence-electron chi connectivity index (χ1n) is 7.66. The predicted octanol–water partition coefficient (Wildman–Crippen LogP) is 5.75. The summed E-state index contributed by atoms with van der Waals surface area (Å²) in [7, 11) is -1.75. The van der Waals surface area contributed by atoms with Gasteiger partial charge < -0.3 is 9.16 Å². The number of hydrogen-bond acceptors (Lipinski definition) is 4. The average molecular weight is 371 g/mol. The highest BCUT2D eigenvalue weighted by Gasteiger charge is 2.16. The summed E-state index contributed by atoms with van der Waals surface area (Å²) in [6.45, 7) is 10.0. The monoisotopic (exact) mass is 370 g/mol. The van der Waals surface area contributed by atoms with E-state index in [1.165, 1.54) is 0 Å². The SMILES string of the molecule is C=C(/N=C/c1cc(Cl)ccc1Oc1ccc(C#N)cc1)O[Si](C)(C)C. The van der Waals surface area contributed by atoms with Crippen molar-refractivity contribution < 1.29 is 9.16 Å². The third-order valence-electron chi connectivity index (χ3n) is 2.95. The summed E-state index contributed by atoms with van der Waals surface area (Å²) in [4.78, 5) is 4.26. The van der Waals surface area contributed by atoms with Crippen LogP contribution >= 0.6 is 11.6 Å². The van der Waals surface area contributed by atoms with Crippen LogP contribution in [0.5, 0.6) is 11.5 Å². The van der Waals surface area contributed by atoms with E-state index in [0.717, 1.165) is 0 Å². The molecule has 2 aromatic carbocycles. The van der Waals surface area contributed by atoms with Gasteiger partial charge >= 0.3 is 0 Å². The molecule has 2 rings (SSSR count). The number of aliphatic imine (C=N–C) groups is 1. The molecule has 0 bridgehead atoms. The molecular weight excluding hydrogens is 352 g/mol. The van der Waals surface area contributed by atoms with Gasteiger partial charge in [0.25, 0.3) is 0 Å². The first-order chi connectivity index (χ1) is 11.8. The van der Waals surface area contributed by atoms with Crippen molar-refractivity contribution in [1.29, 1.82) is 5.26 Å². The fourth-order valence-corrected chi connectivity index (χ4v) is 2.90. The highest BCUT2D eigenvalue weighted by atomic mass is 35.5. The van der Waals surface area contributed by atoms with Crippen molar-refractivity contribution in [3.8, 4) is 17.6 Å². The number of nitriles is 1. The summed E-state index contributed by atoms with van der Waals surface area (Å²) < 4.78 is 11.6. The van der Waals surface area contributed by atoms with Crippen LogP contribution in [0.1, 0.15) is 11.1 Å². The normalized spacial score (nSPS) is 11.2. The van der Waals surface area contributed by atoms with Gasteiger partial charge in [-0.25, -0.2) is 4.99 Å². The van der Waals surface area contributed by atoms with Crippen molar-refractivity contribution in [3.63, 3.8) is 0 Å². The average Bonchev–Trinajstić information content (AvgIpc) is 2.54. The Morgan fingerprint density at radius 2 is 1.88 bits per heavy atom. The molecule has 0 unspecified atom stereocenters. The predicted molar refractivity (Wildman–Crippen MR) is 104 cm³/mol. The fraction of sp³-hybridized carbons (Fsp3) is 0.158. The van der Waals surface area contributed by atoms with Crippen LogP contribution in [0.4, 0.5) is 0 Å². The van der Waals surface area contributed by atoms with E-state index in [1.54, 1.807) is 48.7 Å². The molecule has 0 radical (unpaired) electrons. The van der Waals surface area contributed by atoms with Crippen molar-refractivity contribution in [1.82, 2.24) is 0 Å². The summed E-state index contributed by atoms with van der Waals surface area (Å²) in [6, 6.07) is 14.2. The third kappa shape index (κ3) is 6.11. The van der Waals surface area contributed by atoms with E-state index in [4.69, 9.17) is 26.0 Å². The number of ether oxygens (including phenoxy) is 1. The number of hydrogen-bond donors (Lipinski definition) is 0. The van der Waals surface area contributed by atoms with Crippen molar-refractivity contribution in [3.05, 3.63) is 71.1 Å². The Morgan fingerprint density at radius 3 is 2.48 bits per heavy atom. The van der Waals surface area contributed by atoms with Gasteiger partial charge in [0.2, 0.25) is 8.32 Å². The molecule has 4 nitrogen and oxygen atoms in total. The zero-order valence-corrected chi connectivity index (χ0v) is 16.2. The summed E-state index contributed by atoms with van der Waals surface area (Å²) in [5.74, 6) is 1.58. The molecule has 0 heterocycles. The molecule has 0 saturated carbocycles. The minimum Gasteiger partial charge on any atom is -0.532 e. The van der Waals surface area contributed by atoms with Gasteiger partial charge in [0.1, 0.15) is 11.5 Å². The van der Waals surface area contributed by atoms with E-state index in [0.29, 0.717) is 33.5 Å². The zero-order valence-electron chi connectivity index (χ0n) is 14.4. The van der Waals surface area contributed by atoms with Crippen LogP contribution in [-0.4, -0.2) is 14.5 Å². The topological polar surface area (TPSA) is 54.6 Å². The van der Waals surface area contributed by atoms with Crippen LogP contribution in [0.3, 0.4) is 0 Å². The van der Waals surface area contributed by atoms with Crippen LogP contribution in [0.25, 0.3) is 0 Å². The maximum atomic E-state index is 8.86. The molecule has 0 aliphatic rings. The largest absolute Gasteiger partial charge is 0.532 e. The summed E-state index contributed by atoms with van der Waals surface area (Å²) >= 11 is 6.08. The maximum Gasteiger partial charge on any atom is 0.244 e. The molecule has 128 valence electrons. The summed E-state index contributed by atoms with van der Waals surface area (Å²) in [6.07, 6.45) is 1.62. The lowest BCUT2D eigenvalue weighted by Crippen LogP contribution is -2.24. The Balaban J connectivity index is 2.22. The minimum atomic E-state index is -1.75. The molecule has 0 N–H and O–H groups in total. The zero-order chi connectivity index (χ0) is 18.4. The van der Waals surface area contributed by atoms with Gasteiger partial charge in [-0.05, 0) is 68.7 Å². The molecule has 0 aromatic heterocycles. The molecule has 25 heavy (non-hydrogen) atoms. The van der Waals surface area contributed by atoms with E-state index in [-0.39, 0.29) is 0 Å². The molecule has 0 spiro atoms. The Hall–Kier alpha value is -2.55. The van der Waals surface area contributed by atoms with E-state index >= 15 is 0 Å². The van der Waals surface area contributed by atoms with E-state index in [9.17, 15) is 0 Å². The van der Waals surface area contributed by atoms with Gasteiger partial charge in [0.05, 0.1) is 11.6 Å². The number of benzene rings is 2. The second-order valence-electron chi connectivity index (χ2n) is 6.29. The Labute approximate surface area is 154 Å². The number of rotatable bonds is 6. The Kier molecular flexibility index (Phi) is 6.02. The van der Waals surface area contributed by atoms with Crippen LogP contribution in [0.15, 0.2) is 59.9 Å². The highest BCUT2D eigenvalue weighted by molar-refractivity contribution is 6.70. The highest BCUT2D eigenvalue weighted by Crippen LogP contribution is 2.27. The number of nitrogens with zero attached hydrogens (tertiary/aromatic N) is 2. The number of halogens is 1. The van der Waals surface area contributed by atoms with E-state index < -0.39 is 8.32 Å². The fourth-order valence-electron chi connectivity index (χ4n) is 1.96. The van der Waals surface area contributed by atoms with Gasteiger partial charge in [-0.1, -0.05) is 11.6 Å². The smallest absolute Gasteiger partial charge is 0.244 e. The molecule has 2 aromatic rings. The van der Waals surface area contributed by atoms with Crippen molar-refractivity contribution in [2.75, 3.05) is 0 Å². The second-order valence-corrected chi connectivity index (χ2v) is 11.2. The quantitative estimate of drug-likeness (QED) is 0.369. The van der Waals surface area contributed by atoms with Gasteiger partial charge in [-0.2, -0.15) is 5.26 Å². The first-order valence-corrected chi connectivity index (χ1v) is 11.4. The van der Waals surface area contributed by atoms with Crippen molar-refractivity contribution in [2.24, 2.45) is 4.99 Å². The molecule has 0 aliphatic heterocycles. The van der Waals surface area contributed by atoms with E-state index in [1.807, 2.05) is 0 Å². The third-order valence-corrected chi connectivity index (χ3v) is 4.04. The lowest BCUT2D eigenvalue weighted by molar-refractivity contribution is 0.421. The molecule has 0 saturated heterocycles. The molecule has 0 fully saturated rings. The van der Waals surface area contributed by atoms with Gasteiger partial charge in [-0.15, -0.1) is 0 Å². The van der Waals surface area contributed by atoms with Gasteiger partial charge in [-0.3, -0.25) is 0 Å². The molecular formula is C19H19ClN2O2Si. The van der Waals surface area contributed by atoms with Crippen LogP contribution < -0.4 is 4.74 Å². The first kappa shape index (κ1) is 18.8. The van der Waals surface area contributed by atoms with E-state index in [2.05, 4.69) is 37.3 Å². The van der Waals surface area contributed by atoms with Crippen LogP contribution in [-0.2, 0) is 4.43 Å². The maximum absolute atomic E-state index is 8.86. The van der Waals surface area contributed by atoms with Crippen molar-refractivity contribution >= 4 is 26.1 Å². The lowest BCUT2D eigenvalue weighted by atomic mass is 10.2. The summed E-state index contributed by atoms with van der Waals surface area (Å²) in [5.41, 5.74) is 1.28. The van der Waals surface area contributed by atoms with Gasteiger partial charge in [0, 0.05) is 16.8 Å². The van der Waals surface area contributed by atoms with Crippen LogP contribution in [0, 0.1) is 11.3 Å². The second kappa shape index (κ2) is 8.02. The Bertz CT molecular complexity index is 834. The molecule has 6 heteroatoms. The molecule has 0 amide bonds.